The van der Waals surface area contributed by atoms with Crippen molar-refractivity contribution in [2.75, 3.05) is 37.3 Å². The molecular weight excluding hydrogens is 584 g/mol. The van der Waals surface area contributed by atoms with Crippen molar-refractivity contribution in [3.05, 3.63) is 96.4 Å². The van der Waals surface area contributed by atoms with Crippen LogP contribution in [-0.2, 0) is 14.8 Å². The number of methoxy groups -OCH3 is 2. The summed E-state index contributed by atoms with van der Waals surface area (Å²) < 4.78 is 46.8. The maximum atomic E-state index is 13.9. The summed E-state index contributed by atoms with van der Waals surface area (Å²) >= 11 is 0. The number of para-hydroxylation sites is 2. The summed E-state index contributed by atoms with van der Waals surface area (Å²) in [6.45, 7) is 0.874. The van der Waals surface area contributed by atoms with Gasteiger partial charge in [-0.15, -0.1) is 0 Å². The van der Waals surface area contributed by atoms with E-state index in [0.29, 0.717) is 52.6 Å². The van der Waals surface area contributed by atoms with Gasteiger partial charge in [0.2, 0.25) is 5.91 Å². The summed E-state index contributed by atoms with van der Waals surface area (Å²) in [4.78, 5) is 23.0. The second kappa shape index (κ2) is 11.9. The van der Waals surface area contributed by atoms with E-state index >= 15 is 0 Å². The molecule has 226 valence electrons. The average Bonchev–Trinajstić information content (AvgIpc) is 3.53. The third kappa shape index (κ3) is 5.87. The van der Waals surface area contributed by atoms with Crippen LogP contribution in [-0.4, -0.2) is 56.5 Å². The van der Waals surface area contributed by atoms with Crippen LogP contribution >= 0.6 is 0 Å². The maximum absolute atomic E-state index is 13.9. The van der Waals surface area contributed by atoms with E-state index in [0.717, 1.165) is 0 Å². The molecule has 1 saturated heterocycles. The molecule has 0 saturated carbocycles. The topological polar surface area (TPSA) is 162 Å². The summed E-state index contributed by atoms with van der Waals surface area (Å²) in [7, 11) is -1.07. The van der Waals surface area contributed by atoms with Gasteiger partial charge in [0.25, 0.3) is 10.0 Å². The molecule has 0 bridgehead atoms. The lowest BCUT2D eigenvalue weighted by Crippen LogP contribution is -2.53. The van der Waals surface area contributed by atoms with Crippen LogP contribution < -0.4 is 25.2 Å². The van der Waals surface area contributed by atoms with Crippen LogP contribution in [0, 0.1) is 5.92 Å². The fraction of sp³-hybridized carbons (Fsp3) is 0.194. The number of nitrogens with one attached hydrogen (secondary N) is 2. The van der Waals surface area contributed by atoms with E-state index in [4.69, 9.17) is 19.6 Å². The first-order valence-corrected chi connectivity index (χ1v) is 15.2. The lowest BCUT2D eigenvalue weighted by Gasteiger charge is -2.42. The lowest BCUT2D eigenvalue weighted by molar-refractivity contribution is -0.127. The van der Waals surface area contributed by atoms with Crippen molar-refractivity contribution in [3.63, 3.8) is 0 Å². The monoisotopic (exact) mass is 614 g/mol. The van der Waals surface area contributed by atoms with Crippen LogP contribution in [0.1, 0.15) is 17.4 Å². The first-order valence-electron chi connectivity index (χ1n) is 13.7. The van der Waals surface area contributed by atoms with Crippen molar-refractivity contribution in [2.45, 2.75) is 10.9 Å². The third-order valence-corrected chi connectivity index (χ3v) is 8.73. The number of anilines is 3. The predicted molar refractivity (Wildman–Crippen MR) is 164 cm³/mol. The maximum Gasteiger partial charge on any atom is 0.263 e. The number of carbonyl (C=O) groups is 1. The molecule has 1 aliphatic rings. The molecule has 3 aromatic carbocycles. The molecule has 5 aromatic rings. The molecule has 1 amide bonds. The van der Waals surface area contributed by atoms with E-state index < -0.39 is 16.1 Å². The molecule has 12 nitrogen and oxygen atoms in total. The highest BCUT2D eigenvalue weighted by Crippen LogP contribution is 2.36. The summed E-state index contributed by atoms with van der Waals surface area (Å²) in [5.41, 5.74) is 7.80. The van der Waals surface area contributed by atoms with E-state index in [-0.39, 0.29) is 28.4 Å². The normalized spacial score (nSPS) is 14.5. The summed E-state index contributed by atoms with van der Waals surface area (Å²) in [5, 5.41) is 3.16. The van der Waals surface area contributed by atoms with E-state index in [9.17, 15) is 13.2 Å². The Hall–Kier alpha value is -5.14. The number of amides is 1. The smallest absolute Gasteiger partial charge is 0.263 e. The molecular formula is C31H30N6O6S. The molecule has 0 spiro atoms. The van der Waals surface area contributed by atoms with Crippen LogP contribution in [0.2, 0.25) is 0 Å². The molecule has 6 rings (SSSR count). The molecule has 1 atom stereocenters. The van der Waals surface area contributed by atoms with Gasteiger partial charge in [0.1, 0.15) is 17.3 Å². The summed E-state index contributed by atoms with van der Waals surface area (Å²) in [5.74, 6) is 1.24. The number of sulfonamides is 1. The first-order chi connectivity index (χ1) is 21.2. The highest BCUT2D eigenvalue weighted by Gasteiger charge is 2.38. The molecule has 4 N–H and O–H groups in total. The van der Waals surface area contributed by atoms with Gasteiger partial charge in [0, 0.05) is 37.0 Å². The van der Waals surface area contributed by atoms with E-state index in [1.807, 2.05) is 23.1 Å². The van der Waals surface area contributed by atoms with Gasteiger partial charge in [-0.05, 0) is 42.0 Å². The minimum absolute atomic E-state index is 0.00511. The minimum atomic E-state index is -4.15. The molecule has 1 unspecified atom stereocenters. The van der Waals surface area contributed by atoms with Gasteiger partial charge in [0.05, 0.1) is 48.4 Å². The number of nitrogens with zero attached hydrogens (tertiary/aromatic N) is 3. The SMILES string of the molecule is COc1cc(Nc2nc3ccccc3nc2NS(=O)(=O)c2cccc(C(c3ccco3)N3CC(C(N)=O)C3)c2)cc(OC)c1. The lowest BCUT2D eigenvalue weighted by atomic mass is 9.92. The second-order valence-electron chi connectivity index (χ2n) is 10.3. The Labute approximate surface area is 253 Å². The van der Waals surface area contributed by atoms with Gasteiger partial charge in [-0.2, -0.15) is 0 Å². The molecule has 1 fully saturated rings. The molecule has 2 aromatic heterocycles. The molecule has 0 radical (unpaired) electrons. The Morgan fingerprint density at radius 1 is 0.932 bits per heavy atom. The quantitative estimate of drug-likeness (QED) is 0.196. The van der Waals surface area contributed by atoms with E-state index in [1.54, 1.807) is 60.9 Å². The van der Waals surface area contributed by atoms with Crippen LogP contribution in [0.3, 0.4) is 0 Å². The Bertz CT molecular complexity index is 1900. The molecule has 44 heavy (non-hydrogen) atoms. The van der Waals surface area contributed by atoms with Gasteiger partial charge in [-0.25, -0.2) is 18.4 Å². The Morgan fingerprint density at radius 2 is 1.61 bits per heavy atom. The van der Waals surface area contributed by atoms with Gasteiger partial charge in [-0.3, -0.25) is 14.4 Å². The zero-order chi connectivity index (χ0) is 30.8. The summed E-state index contributed by atoms with van der Waals surface area (Å²) in [6.07, 6.45) is 1.56. The number of ether oxygens (including phenoxy) is 2. The largest absolute Gasteiger partial charge is 0.497 e. The van der Waals surface area contributed by atoms with Crippen molar-refractivity contribution < 1.29 is 27.1 Å². The second-order valence-corrected chi connectivity index (χ2v) is 12.0. The van der Waals surface area contributed by atoms with E-state index in [2.05, 4.69) is 20.0 Å². The number of nitrogens with two attached hydrogens (primary N) is 1. The highest BCUT2D eigenvalue weighted by molar-refractivity contribution is 7.92. The average molecular weight is 615 g/mol. The van der Waals surface area contributed by atoms with Crippen molar-refractivity contribution in [1.82, 2.24) is 14.9 Å². The van der Waals surface area contributed by atoms with Crippen molar-refractivity contribution in [2.24, 2.45) is 11.7 Å². The predicted octanol–water partition coefficient (Wildman–Crippen LogP) is 4.29. The Balaban J connectivity index is 1.35. The van der Waals surface area contributed by atoms with E-state index in [1.165, 1.54) is 20.3 Å². The van der Waals surface area contributed by atoms with Crippen molar-refractivity contribution in [1.29, 1.82) is 0 Å². The number of carbonyl (C=O) groups excluding carboxylic acids is 1. The van der Waals surface area contributed by atoms with Crippen LogP contribution in [0.25, 0.3) is 11.0 Å². The molecule has 1 aliphatic heterocycles. The number of likely N-dealkylation sites (tertiary alicyclic amines) is 1. The number of furan rings is 1. The number of hydrogen-bond acceptors (Lipinski definition) is 10. The number of rotatable bonds is 11. The zero-order valence-electron chi connectivity index (χ0n) is 23.9. The first kappa shape index (κ1) is 29.0. The van der Waals surface area contributed by atoms with Crippen LogP contribution in [0.4, 0.5) is 17.3 Å². The van der Waals surface area contributed by atoms with Gasteiger partial charge in [0.15, 0.2) is 11.6 Å². The minimum Gasteiger partial charge on any atom is -0.497 e. The standard InChI is InChI=1S/C31H30N6O6S/c1-41-22-14-21(15-23(16-22)42-2)33-30-31(35-26-10-4-3-9-25(26)34-30)36-44(39,40)24-8-5-7-19(13-24)28(27-11-6-12-43-27)37-17-20(18-37)29(32)38/h3-16,20,28H,17-18H2,1-2H3,(H2,32,38)(H,33,34)(H,35,36). The number of hydrogen-bond donors (Lipinski definition) is 3. The fourth-order valence-corrected chi connectivity index (χ4v) is 6.18. The Morgan fingerprint density at radius 3 is 2.23 bits per heavy atom. The van der Waals surface area contributed by atoms with Crippen LogP contribution in [0.15, 0.2) is 94.4 Å². The zero-order valence-corrected chi connectivity index (χ0v) is 24.7. The third-order valence-electron chi connectivity index (χ3n) is 7.39. The Kier molecular flexibility index (Phi) is 7.80. The number of aromatic nitrogens is 2. The number of benzene rings is 3. The van der Waals surface area contributed by atoms with Gasteiger partial charge >= 0.3 is 0 Å². The molecule has 0 aliphatic carbocycles. The van der Waals surface area contributed by atoms with Gasteiger partial charge < -0.3 is 24.9 Å². The number of primary amides is 1. The molecule has 13 heteroatoms. The van der Waals surface area contributed by atoms with Crippen molar-refractivity contribution >= 4 is 44.3 Å². The van der Waals surface area contributed by atoms with Gasteiger partial charge in [-0.1, -0.05) is 24.3 Å². The highest BCUT2D eigenvalue weighted by atomic mass is 32.2. The fourth-order valence-electron chi connectivity index (χ4n) is 5.12. The van der Waals surface area contributed by atoms with Crippen LogP contribution in [0.5, 0.6) is 11.5 Å². The van der Waals surface area contributed by atoms with Crippen molar-refractivity contribution in [3.8, 4) is 11.5 Å². The summed E-state index contributed by atoms with van der Waals surface area (Å²) in [6, 6.07) is 22.1. The molecule has 3 heterocycles. The number of fused-ring (bicyclic) bond motifs is 1.